The average molecular weight is 225 g/mol. The highest BCUT2D eigenvalue weighted by Crippen LogP contribution is 2.25. The van der Waals surface area contributed by atoms with Gasteiger partial charge in [-0.25, -0.2) is 0 Å². The Morgan fingerprint density at radius 2 is 2.07 bits per heavy atom. The lowest BCUT2D eigenvalue weighted by molar-refractivity contribution is 0.576. The zero-order valence-electron chi connectivity index (χ0n) is 9.17. The van der Waals surface area contributed by atoms with E-state index in [1.807, 2.05) is 6.20 Å². The van der Waals surface area contributed by atoms with Crippen LogP contribution < -0.4 is 4.90 Å². The molecule has 0 radical (unpaired) electrons. The van der Waals surface area contributed by atoms with E-state index in [4.69, 9.17) is 11.6 Å². The van der Waals surface area contributed by atoms with E-state index in [0.717, 1.165) is 5.69 Å². The Bertz CT molecular complexity index is 332. The fourth-order valence-corrected chi connectivity index (χ4v) is 2.45. The predicted molar refractivity (Wildman–Crippen MR) is 64.6 cm³/mol. The van der Waals surface area contributed by atoms with Crippen molar-refractivity contribution in [3.8, 4) is 0 Å². The van der Waals surface area contributed by atoms with Crippen LogP contribution in [0.1, 0.15) is 30.5 Å². The van der Waals surface area contributed by atoms with E-state index in [-0.39, 0.29) is 0 Å². The molecule has 1 aromatic heterocycles. The second-order valence-corrected chi connectivity index (χ2v) is 4.35. The van der Waals surface area contributed by atoms with Gasteiger partial charge in [-0.1, -0.05) is 0 Å². The van der Waals surface area contributed by atoms with Gasteiger partial charge in [-0.15, -0.1) is 11.6 Å². The molecule has 1 aromatic rings. The Morgan fingerprint density at radius 3 is 2.73 bits per heavy atom. The summed E-state index contributed by atoms with van der Waals surface area (Å²) in [5.41, 5.74) is 3.58. The van der Waals surface area contributed by atoms with Crippen LogP contribution in [0.5, 0.6) is 0 Å². The maximum atomic E-state index is 5.86. The molecular weight excluding hydrogens is 208 g/mol. The molecule has 1 saturated heterocycles. The summed E-state index contributed by atoms with van der Waals surface area (Å²) in [6.45, 7) is 4.47. The van der Waals surface area contributed by atoms with Crippen LogP contribution in [0.4, 0.5) is 5.69 Å². The number of halogens is 1. The minimum Gasteiger partial charge on any atom is -0.371 e. The third-order valence-corrected chi connectivity index (χ3v) is 3.36. The fourth-order valence-electron chi connectivity index (χ4n) is 2.18. The highest BCUT2D eigenvalue weighted by molar-refractivity contribution is 6.17. The first-order valence-corrected chi connectivity index (χ1v) is 6.12. The van der Waals surface area contributed by atoms with Gasteiger partial charge in [0.1, 0.15) is 0 Å². The normalized spacial score (nSPS) is 16.8. The second kappa shape index (κ2) is 4.84. The molecule has 1 fully saturated rings. The van der Waals surface area contributed by atoms with Crippen molar-refractivity contribution in [3.05, 3.63) is 23.5 Å². The van der Waals surface area contributed by atoms with Gasteiger partial charge in [-0.3, -0.25) is 4.98 Å². The Morgan fingerprint density at radius 1 is 1.33 bits per heavy atom. The Hall–Kier alpha value is -0.760. The number of nitrogens with zero attached hydrogens (tertiary/aromatic N) is 2. The molecule has 2 rings (SSSR count). The Balaban J connectivity index is 2.26. The molecule has 0 aliphatic carbocycles. The zero-order chi connectivity index (χ0) is 10.7. The average Bonchev–Trinajstić information content (AvgIpc) is 2.30. The summed E-state index contributed by atoms with van der Waals surface area (Å²) >= 11 is 5.86. The molecule has 0 unspecified atom stereocenters. The van der Waals surface area contributed by atoms with Crippen molar-refractivity contribution in [2.45, 2.75) is 32.1 Å². The molecule has 0 amide bonds. The lowest BCUT2D eigenvalue weighted by Crippen LogP contribution is -2.30. The van der Waals surface area contributed by atoms with E-state index in [1.165, 1.54) is 43.6 Å². The first-order valence-electron chi connectivity index (χ1n) is 5.58. The van der Waals surface area contributed by atoms with Crippen molar-refractivity contribution in [2.24, 2.45) is 0 Å². The molecule has 1 aliphatic rings. The number of hydrogen-bond donors (Lipinski definition) is 0. The lowest BCUT2D eigenvalue weighted by atomic mass is 10.1. The van der Waals surface area contributed by atoms with Gasteiger partial charge in [0, 0.05) is 25.0 Å². The van der Waals surface area contributed by atoms with Crippen LogP contribution in [-0.4, -0.2) is 18.1 Å². The van der Waals surface area contributed by atoms with Crippen LogP contribution in [0.3, 0.4) is 0 Å². The number of hydrogen-bond acceptors (Lipinski definition) is 2. The van der Waals surface area contributed by atoms with Crippen LogP contribution in [-0.2, 0) is 5.88 Å². The molecule has 0 N–H and O–H groups in total. The van der Waals surface area contributed by atoms with Crippen LogP contribution in [0.2, 0.25) is 0 Å². The summed E-state index contributed by atoms with van der Waals surface area (Å²) in [6.07, 6.45) is 5.84. The van der Waals surface area contributed by atoms with E-state index < -0.39 is 0 Å². The molecule has 0 saturated carbocycles. The van der Waals surface area contributed by atoms with Crippen LogP contribution in [0.25, 0.3) is 0 Å². The zero-order valence-corrected chi connectivity index (χ0v) is 9.93. The third-order valence-electron chi connectivity index (χ3n) is 3.10. The molecular formula is C12H17ClN2. The quantitative estimate of drug-likeness (QED) is 0.718. The number of piperidine rings is 1. The minimum atomic E-state index is 0.507. The lowest BCUT2D eigenvalue weighted by Gasteiger charge is -2.30. The first kappa shape index (κ1) is 10.7. The topological polar surface area (TPSA) is 16.1 Å². The number of pyridine rings is 1. The number of anilines is 1. The van der Waals surface area contributed by atoms with Crippen molar-refractivity contribution < 1.29 is 0 Å². The van der Waals surface area contributed by atoms with Crippen LogP contribution in [0, 0.1) is 6.92 Å². The van der Waals surface area contributed by atoms with Gasteiger partial charge >= 0.3 is 0 Å². The van der Waals surface area contributed by atoms with E-state index >= 15 is 0 Å². The smallest absolute Gasteiger partial charge is 0.0650 e. The number of aromatic nitrogens is 1. The van der Waals surface area contributed by atoms with Crippen molar-refractivity contribution in [3.63, 3.8) is 0 Å². The first-order chi connectivity index (χ1) is 7.33. The van der Waals surface area contributed by atoms with E-state index in [9.17, 15) is 0 Å². The van der Waals surface area contributed by atoms with Gasteiger partial charge in [0.05, 0.1) is 11.6 Å². The number of alkyl halides is 1. The van der Waals surface area contributed by atoms with E-state index in [2.05, 4.69) is 22.9 Å². The second-order valence-electron chi connectivity index (χ2n) is 4.08. The summed E-state index contributed by atoms with van der Waals surface area (Å²) in [7, 11) is 0. The van der Waals surface area contributed by atoms with Crippen molar-refractivity contribution in [2.75, 3.05) is 18.0 Å². The number of rotatable bonds is 2. The van der Waals surface area contributed by atoms with Gasteiger partial charge in [-0.05, 0) is 37.8 Å². The van der Waals surface area contributed by atoms with Crippen molar-refractivity contribution in [1.82, 2.24) is 4.98 Å². The van der Waals surface area contributed by atoms with Gasteiger partial charge in [0.15, 0.2) is 0 Å². The highest BCUT2D eigenvalue weighted by atomic mass is 35.5. The molecule has 0 spiro atoms. The SMILES string of the molecule is Cc1c(N2CCCCC2)ccnc1CCl. The van der Waals surface area contributed by atoms with Gasteiger partial charge in [0.25, 0.3) is 0 Å². The van der Waals surface area contributed by atoms with Crippen LogP contribution in [0.15, 0.2) is 12.3 Å². The summed E-state index contributed by atoms with van der Waals surface area (Å²) < 4.78 is 0. The Kier molecular flexibility index (Phi) is 3.47. The highest BCUT2D eigenvalue weighted by Gasteiger charge is 2.14. The molecule has 1 aliphatic heterocycles. The monoisotopic (exact) mass is 224 g/mol. The van der Waals surface area contributed by atoms with Crippen LogP contribution >= 0.6 is 11.6 Å². The van der Waals surface area contributed by atoms with Gasteiger partial charge < -0.3 is 4.90 Å². The molecule has 15 heavy (non-hydrogen) atoms. The third kappa shape index (κ3) is 2.25. The van der Waals surface area contributed by atoms with E-state index in [1.54, 1.807) is 0 Å². The van der Waals surface area contributed by atoms with Gasteiger partial charge in [0.2, 0.25) is 0 Å². The molecule has 3 heteroatoms. The summed E-state index contributed by atoms with van der Waals surface area (Å²) in [5, 5.41) is 0. The standard InChI is InChI=1S/C12H17ClN2/c1-10-11(9-13)14-6-5-12(10)15-7-3-2-4-8-15/h5-6H,2-4,7-9H2,1H3. The molecule has 2 heterocycles. The largest absolute Gasteiger partial charge is 0.371 e. The molecule has 0 bridgehead atoms. The summed E-state index contributed by atoms with van der Waals surface area (Å²) in [4.78, 5) is 6.75. The Labute approximate surface area is 96.3 Å². The maximum Gasteiger partial charge on any atom is 0.0650 e. The molecule has 0 aromatic carbocycles. The fraction of sp³-hybridized carbons (Fsp3) is 0.583. The van der Waals surface area contributed by atoms with Gasteiger partial charge in [-0.2, -0.15) is 0 Å². The summed E-state index contributed by atoms with van der Waals surface area (Å²) in [6, 6.07) is 2.11. The summed E-state index contributed by atoms with van der Waals surface area (Å²) in [5.74, 6) is 0.507. The minimum absolute atomic E-state index is 0.507. The maximum absolute atomic E-state index is 5.86. The van der Waals surface area contributed by atoms with Crippen molar-refractivity contribution in [1.29, 1.82) is 0 Å². The molecule has 2 nitrogen and oxygen atoms in total. The van der Waals surface area contributed by atoms with E-state index in [0.29, 0.717) is 5.88 Å². The van der Waals surface area contributed by atoms with Crippen molar-refractivity contribution >= 4 is 17.3 Å². The molecule has 82 valence electrons. The predicted octanol–water partition coefficient (Wildman–Crippen LogP) is 3.12. The molecule has 0 atom stereocenters.